The number of aliphatic carboxylic acids is 1. The Morgan fingerprint density at radius 3 is 2.10 bits per heavy atom. The van der Waals surface area contributed by atoms with Crippen molar-refractivity contribution >= 4 is 23.3 Å². The molecule has 0 aliphatic heterocycles. The van der Waals surface area contributed by atoms with Crippen LogP contribution < -0.4 is 44.7 Å². The molecule has 0 aromatic heterocycles. The van der Waals surface area contributed by atoms with Crippen LogP contribution in [0.4, 0.5) is 5.69 Å². The molecule has 2 rings (SSSR count). The minimum atomic E-state index is -1.35. The molecule has 0 atom stereocenters. The van der Waals surface area contributed by atoms with Crippen LogP contribution in [0.5, 0.6) is 5.75 Å². The van der Waals surface area contributed by atoms with E-state index in [0.717, 1.165) is 0 Å². The van der Waals surface area contributed by atoms with Crippen molar-refractivity contribution in [1.82, 2.24) is 10.3 Å². The van der Waals surface area contributed by atoms with Gasteiger partial charge in [0.05, 0.1) is 31.2 Å². The number of carbonyl (C=O) groups is 3. The summed E-state index contributed by atoms with van der Waals surface area (Å²) in [6, 6.07) is 13.3. The van der Waals surface area contributed by atoms with Gasteiger partial charge in [0.25, 0.3) is 0 Å². The normalized spacial score (nSPS) is 10.2. The minimum absolute atomic E-state index is 0. The second-order valence-corrected chi connectivity index (χ2v) is 6.18. The van der Waals surface area contributed by atoms with Gasteiger partial charge in [-0.3, -0.25) is 14.6 Å². The molecular weight excluding hydrogens is 399 g/mol. The molecule has 0 radical (unpaired) electrons. The van der Waals surface area contributed by atoms with Crippen molar-refractivity contribution in [3.8, 4) is 5.75 Å². The van der Waals surface area contributed by atoms with E-state index in [4.69, 9.17) is 4.74 Å². The third kappa shape index (κ3) is 8.73. The summed E-state index contributed by atoms with van der Waals surface area (Å²) < 4.78 is 5.42. The molecule has 1 N–H and O–H groups in total. The third-order valence-electron chi connectivity index (χ3n) is 3.61. The summed E-state index contributed by atoms with van der Waals surface area (Å²) in [4.78, 5) is 34.2. The van der Waals surface area contributed by atoms with Crippen LogP contribution in [0.1, 0.15) is 22.3 Å². The molecule has 0 spiro atoms. The van der Waals surface area contributed by atoms with Gasteiger partial charge in [0.1, 0.15) is 5.75 Å². The first-order chi connectivity index (χ1) is 13.8. The van der Waals surface area contributed by atoms with Gasteiger partial charge in [-0.15, -0.1) is 5.11 Å². The van der Waals surface area contributed by atoms with E-state index in [0.29, 0.717) is 22.6 Å². The Kier molecular flexibility index (Phi) is 10.7. The van der Waals surface area contributed by atoms with E-state index in [9.17, 15) is 19.5 Å². The molecule has 152 valence electrons. The Bertz CT molecular complexity index is 883. The number of benzene rings is 2. The van der Waals surface area contributed by atoms with Gasteiger partial charge in [-0.1, -0.05) is 5.22 Å². The summed E-state index contributed by atoms with van der Waals surface area (Å²) in [5.41, 5.74) is 1.65. The van der Waals surface area contributed by atoms with Crippen molar-refractivity contribution in [3.63, 3.8) is 0 Å². The summed E-state index contributed by atoms with van der Waals surface area (Å²) in [7, 11) is 3.53. The topological polar surface area (TPSA) is 123 Å². The van der Waals surface area contributed by atoms with Gasteiger partial charge in [-0.05, 0) is 48.5 Å². The SMILES string of the molecule is CN(C)N=Nc1ccc(C(=O)c2ccc(OCCC(=O)NCC(=O)[O-])cc2)cc1.[Na+]. The summed E-state index contributed by atoms with van der Waals surface area (Å²) >= 11 is 0. The summed E-state index contributed by atoms with van der Waals surface area (Å²) in [5, 5.41) is 21.9. The van der Waals surface area contributed by atoms with Crippen LogP contribution in [0.2, 0.25) is 0 Å². The Labute approximate surface area is 196 Å². The molecule has 0 fully saturated rings. The molecule has 0 aliphatic rings. The van der Waals surface area contributed by atoms with Crippen molar-refractivity contribution in [2.45, 2.75) is 6.42 Å². The van der Waals surface area contributed by atoms with Gasteiger partial charge in [0, 0.05) is 25.2 Å². The van der Waals surface area contributed by atoms with Crippen molar-refractivity contribution < 1.29 is 53.8 Å². The van der Waals surface area contributed by atoms with Gasteiger partial charge in [-0.25, -0.2) is 0 Å². The monoisotopic (exact) mass is 420 g/mol. The van der Waals surface area contributed by atoms with Gasteiger partial charge < -0.3 is 20.0 Å². The molecule has 0 aliphatic carbocycles. The maximum atomic E-state index is 12.6. The van der Waals surface area contributed by atoms with Crippen LogP contribution in [0.15, 0.2) is 58.9 Å². The molecule has 0 heterocycles. The van der Waals surface area contributed by atoms with Crippen LogP contribution in [0, 0.1) is 0 Å². The van der Waals surface area contributed by atoms with Gasteiger partial charge in [0.2, 0.25) is 5.91 Å². The maximum Gasteiger partial charge on any atom is 1.00 e. The van der Waals surface area contributed by atoms with Crippen LogP contribution in [0.25, 0.3) is 0 Å². The summed E-state index contributed by atoms with van der Waals surface area (Å²) in [5.74, 6) is -1.45. The van der Waals surface area contributed by atoms with E-state index in [1.54, 1.807) is 67.6 Å². The largest absolute Gasteiger partial charge is 1.00 e. The molecule has 0 saturated carbocycles. The number of carboxylic acids is 1. The minimum Gasteiger partial charge on any atom is -0.548 e. The summed E-state index contributed by atoms with van der Waals surface area (Å²) in [6.07, 6.45) is 0.00543. The number of hydrogen-bond donors (Lipinski definition) is 1. The Hall–Kier alpha value is -2.75. The molecule has 0 bridgehead atoms. The molecule has 10 heteroatoms. The predicted molar refractivity (Wildman–Crippen MR) is 103 cm³/mol. The van der Waals surface area contributed by atoms with E-state index in [2.05, 4.69) is 15.7 Å². The molecule has 9 nitrogen and oxygen atoms in total. The average Bonchev–Trinajstić information content (AvgIpc) is 2.71. The molecule has 0 saturated heterocycles. The fourth-order valence-electron chi connectivity index (χ4n) is 2.21. The molecular formula is C20H21N4NaO5. The first-order valence-electron chi connectivity index (χ1n) is 8.78. The Morgan fingerprint density at radius 1 is 1.00 bits per heavy atom. The number of nitrogens with zero attached hydrogens (tertiary/aromatic N) is 3. The third-order valence-corrected chi connectivity index (χ3v) is 3.61. The average molecular weight is 420 g/mol. The quantitative estimate of drug-likeness (QED) is 0.208. The van der Waals surface area contributed by atoms with E-state index >= 15 is 0 Å². The van der Waals surface area contributed by atoms with Gasteiger partial charge in [-0.2, -0.15) is 0 Å². The molecule has 2 aromatic rings. The van der Waals surface area contributed by atoms with Crippen LogP contribution >= 0.6 is 0 Å². The number of carbonyl (C=O) groups excluding carboxylic acids is 3. The van der Waals surface area contributed by atoms with E-state index < -0.39 is 18.4 Å². The van der Waals surface area contributed by atoms with E-state index in [-0.39, 0.29) is 48.4 Å². The summed E-state index contributed by atoms with van der Waals surface area (Å²) in [6.45, 7) is -0.454. The smallest absolute Gasteiger partial charge is 0.548 e. The van der Waals surface area contributed by atoms with Crippen molar-refractivity contribution in [2.24, 2.45) is 10.3 Å². The standard InChI is InChI=1S/C20H22N4O5.Na/c1-24(2)23-22-16-7-3-14(4-8-16)20(28)15-5-9-17(10-6-15)29-12-11-18(25)21-13-19(26)27;/h3-10H,11-13H2,1-2H3,(H,21,25)(H,26,27);/q;+1/p-1. The fraction of sp³-hybridized carbons (Fsp3) is 0.250. The van der Waals surface area contributed by atoms with Gasteiger partial charge in [0.15, 0.2) is 5.78 Å². The van der Waals surface area contributed by atoms with Crippen molar-refractivity contribution in [3.05, 3.63) is 59.7 Å². The number of hydrogen-bond acceptors (Lipinski definition) is 7. The number of amides is 1. The first kappa shape index (κ1) is 25.3. The number of ether oxygens (including phenoxy) is 1. The number of carboxylic acid groups (broad SMARTS) is 1. The van der Waals surface area contributed by atoms with Crippen molar-refractivity contribution in [2.75, 3.05) is 27.2 Å². The molecule has 0 unspecified atom stereocenters. The van der Waals surface area contributed by atoms with E-state index in [1.807, 2.05) is 0 Å². The zero-order valence-corrected chi connectivity index (χ0v) is 19.1. The number of ketones is 1. The fourth-order valence-corrected chi connectivity index (χ4v) is 2.21. The van der Waals surface area contributed by atoms with Crippen LogP contribution in [0.3, 0.4) is 0 Å². The molecule has 30 heavy (non-hydrogen) atoms. The first-order valence-corrected chi connectivity index (χ1v) is 8.78. The van der Waals surface area contributed by atoms with E-state index in [1.165, 1.54) is 0 Å². The zero-order chi connectivity index (χ0) is 21.2. The second-order valence-electron chi connectivity index (χ2n) is 6.18. The Balaban J connectivity index is 0.00000450. The van der Waals surface area contributed by atoms with Gasteiger partial charge >= 0.3 is 29.6 Å². The maximum absolute atomic E-state index is 12.6. The number of rotatable bonds is 10. The van der Waals surface area contributed by atoms with Crippen molar-refractivity contribution in [1.29, 1.82) is 0 Å². The molecule has 2 aromatic carbocycles. The van der Waals surface area contributed by atoms with Crippen LogP contribution in [-0.4, -0.2) is 49.9 Å². The predicted octanol–water partition coefficient (Wildman–Crippen LogP) is -1.88. The number of nitrogens with one attached hydrogen (secondary N) is 1. The zero-order valence-electron chi connectivity index (χ0n) is 17.1. The Morgan fingerprint density at radius 2 is 1.57 bits per heavy atom. The second kappa shape index (κ2) is 12.7. The van der Waals surface area contributed by atoms with Crippen LogP contribution in [-0.2, 0) is 9.59 Å². The molecule has 1 amide bonds.